The lowest BCUT2D eigenvalue weighted by molar-refractivity contribution is 0.0408. The van der Waals surface area contributed by atoms with Crippen LogP contribution in [0.2, 0.25) is 6.04 Å². The number of rotatable bonds is 6. The molecule has 0 aromatic carbocycles. The third kappa shape index (κ3) is 6.62. The van der Waals surface area contributed by atoms with Gasteiger partial charge in [-0.05, 0) is 23.3 Å². The summed E-state index contributed by atoms with van der Waals surface area (Å²) in [6.07, 6.45) is 4.42. The Hall–Kier alpha value is 0.664. The summed E-state index contributed by atoms with van der Waals surface area (Å²) < 4.78 is 18.1. The number of hydrogen-bond donors (Lipinski definition) is 0. The topological polar surface area (TPSA) is 27.7 Å². The van der Waals surface area contributed by atoms with E-state index in [1.54, 1.807) is 14.2 Å². The van der Waals surface area contributed by atoms with Gasteiger partial charge >= 0.3 is 8.80 Å². The molecule has 6 heteroatoms. The molecule has 0 bridgehead atoms. The van der Waals surface area contributed by atoms with E-state index in [2.05, 4.69) is 63.4 Å². The standard InChI is InChI=1S/C14H33O3SSi2/c1-13(2,3)11-20(15-7,16-8)17-12(14(4,5)6)18(9,10)19/h12H,11H2,1-10H3. The molecule has 0 fully saturated rings. The first kappa shape index (κ1) is 20.7. The Labute approximate surface area is 131 Å². The van der Waals surface area contributed by atoms with E-state index in [-0.39, 0.29) is 16.3 Å². The van der Waals surface area contributed by atoms with Crippen molar-refractivity contribution in [1.82, 2.24) is 0 Å². The number of hydrogen-bond acceptors (Lipinski definition) is 3. The summed E-state index contributed by atoms with van der Waals surface area (Å²) >= 11 is 0. The highest BCUT2D eigenvalue weighted by Crippen LogP contribution is 2.50. The molecule has 0 aliphatic rings. The zero-order chi connectivity index (χ0) is 16.4. The molecule has 3 radical (unpaired) electrons. The van der Waals surface area contributed by atoms with Crippen LogP contribution in [0.25, 0.3) is 0 Å². The summed E-state index contributed by atoms with van der Waals surface area (Å²) in [5, 5.41) is 0. The second-order valence-electron chi connectivity index (χ2n) is 8.05. The molecule has 20 heavy (non-hydrogen) atoms. The van der Waals surface area contributed by atoms with E-state index in [0.717, 1.165) is 6.04 Å². The zero-order valence-electron chi connectivity index (χ0n) is 14.9. The molecule has 1 atom stereocenters. The Kier molecular flexibility index (Phi) is 7.06. The molecule has 0 aromatic rings. The van der Waals surface area contributed by atoms with Crippen LogP contribution >= 0.6 is 9.48 Å². The van der Waals surface area contributed by atoms with E-state index in [1.165, 1.54) is 0 Å². The Bertz CT molecular complexity index is 285. The predicted molar refractivity (Wildman–Crippen MR) is 93.6 cm³/mol. The van der Waals surface area contributed by atoms with E-state index in [4.69, 9.17) is 13.3 Å². The fraction of sp³-hybridized carbons (Fsp3) is 1.00. The molecule has 0 saturated heterocycles. The SMILES string of the molecule is CO[Si](CC(C)(C)C)(OC)OC(C(C)(C)C)S(C)(C)[Si]. The molecule has 0 heterocycles. The summed E-state index contributed by atoms with van der Waals surface area (Å²) in [6, 6.07) is 0.807. The van der Waals surface area contributed by atoms with Gasteiger partial charge in [0.05, 0.1) is 14.8 Å². The van der Waals surface area contributed by atoms with Gasteiger partial charge in [0.25, 0.3) is 0 Å². The van der Waals surface area contributed by atoms with Gasteiger partial charge in [0.1, 0.15) is 0 Å². The second-order valence-corrected chi connectivity index (χ2v) is 17.2. The largest absolute Gasteiger partial charge is 0.501 e. The Morgan fingerprint density at radius 1 is 1.00 bits per heavy atom. The minimum Gasteiger partial charge on any atom is -0.377 e. The van der Waals surface area contributed by atoms with Gasteiger partial charge in [-0.3, -0.25) is 0 Å². The van der Waals surface area contributed by atoms with Gasteiger partial charge in [-0.2, -0.15) is 0 Å². The maximum Gasteiger partial charge on any atom is 0.501 e. The predicted octanol–water partition coefficient (Wildman–Crippen LogP) is 3.80. The van der Waals surface area contributed by atoms with Gasteiger partial charge in [0, 0.05) is 20.3 Å². The van der Waals surface area contributed by atoms with Gasteiger partial charge < -0.3 is 13.3 Å². The molecule has 3 nitrogen and oxygen atoms in total. The summed E-state index contributed by atoms with van der Waals surface area (Å²) in [7, 11) is 3.56. The van der Waals surface area contributed by atoms with Crippen molar-refractivity contribution >= 4 is 27.7 Å². The normalized spacial score (nSPS) is 17.1. The van der Waals surface area contributed by atoms with E-state index < -0.39 is 18.3 Å². The van der Waals surface area contributed by atoms with Crippen LogP contribution in [0.5, 0.6) is 0 Å². The van der Waals surface area contributed by atoms with Gasteiger partial charge in [-0.1, -0.05) is 41.5 Å². The minimum absolute atomic E-state index is 0.0216. The molecule has 0 saturated carbocycles. The van der Waals surface area contributed by atoms with Gasteiger partial charge in [0.15, 0.2) is 0 Å². The van der Waals surface area contributed by atoms with Crippen LogP contribution in [0.4, 0.5) is 0 Å². The fourth-order valence-electron chi connectivity index (χ4n) is 2.36. The minimum atomic E-state index is -2.67. The van der Waals surface area contributed by atoms with E-state index in [1.807, 2.05) is 0 Å². The summed E-state index contributed by atoms with van der Waals surface area (Å²) in [6.45, 7) is 13.2. The average molecular weight is 338 g/mol. The first-order valence-corrected chi connectivity index (χ1v) is 12.6. The van der Waals surface area contributed by atoms with Crippen LogP contribution in [0.15, 0.2) is 0 Å². The smallest absolute Gasteiger partial charge is 0.377 e. The molecule has 121 valence electrons. The van der Waals surface area contributed by atoms with E-state index >= 15 is 0 Å². The molecule has 0 N–H and O–H groups in total. The molecule has 0 rings (SSSR count). The van der Waals surface area contributed by atoms with Crippen LogP contribution in [0.3, 0.4) is 0 Å². The quantitative estimate of drug-likeness (QED) is 0.690. The summed E-state index contributed by atoms with van der Waals surface area (Å²) in [5.41, 5.74) is 0.195. The second kappa shape index (κ2) is 6.83. The third-order valence-corrected chi connectivity index (χ3v) is 8.92. The molecular formula is C14H33O3SSi2. The van der Waals surface area contributed by atoms with Crippen LogP contribution in [0, 0.1) is 10.8 Å². The van der Waals surface area contributed by atoms with Gasteiger partial charge in [-0.15, -0.1) is 0 Å². The Morgan fingerprint density at radius 2 is 1.40 bits per heavy atom. The van der Waals surface area contributed by atoms with Crippen molar-refractivity contribution in [3.8, 4) is 0 Å². The van der Waals surface area contributed by atoms with Gasteiger partial charge in [-0.25, -0.2) is 9.48 Å². The monoisotopic (exact) mass is 337 g/mol. The van der Waals surface area contributed by atoms with Crippen molar-refractivity contribution in [2.75, 3.05) is 26.7 Å². The first-order chi connectivity index (χ1) is 8.67. The summed E-state index contributed by atoms with van der Waals surface area (Å²) in [4.78, 5) is 0. The van der Waals surface area contributed by atoms with Crippen LogP contribution in [-0.4, -0.2) is 50.4 Å². The highest BCUT2D eigenvalue weighted by atomic mass is 32.4. The molecule has 1 unspecified atom stereocenters. The van der Waals surface area contributed by atoms with Crippen LogP contribution in [-0.2, 0) is 13.3 Å². The Balaban J connectivity index is 5.42. The van der Waals surface area contributed by atoms with E-state index in [0.29, 0.717) is 0 Å². The maximum absolute atomic E-state index is 6.52. The lowest BCUT2D eigenvalue weighted by atomic mass is 9.98. The van der Waals surface area contributed by atoms with Crippen molar-refractivity contribution in [3.63, 3.8) is 0 Å². The van der Waals surface area contributed by atoms with Crippen molar-refractivity contribution in [1.29, 1.82) is 0 Å². The van der Waals surface area contributed by atoms with Crippen molar-refractivity contribution in [2.24, 2.45) is 10.8 Å². The zero-order valence-corrected chi connectivity index (χ0v) is 17.7. The molecular weight excluding hydrogens is 304 g/mol. The molecule has 0 amide bonds. The lowest BCUT2D eigenvalue weighted by Gasteiger charge is -2.48. The highest BCUT2D eigenvalue weighted by Gasteiger charge is 2.48. The fourth-order valence-corrected chi connectivity index (χ4v) is 9.73. The van der Waals surface area contributed by atoms with Crippen molar-refractivity contribution in [2.45, 2.75) is 53.0 Å². The average Bonchev–Trinajstić information content (AvgIpc) is 2.19. The molecule has 0 aliphatic heterocycles. The van der Waals surface area contributed by atoms with Crippen LogP contribution in [0.1, 0.15) is 41.5 Å². The maximum atomic E-state index is 6.52. The van der Waals surface area contributed by atoms with Gasteiger partial charge in [0.2, 0.25) is 0 Å². The molecule has 0 aliphatic carbocycles. The van der Waals surface area contributed by atoms with E-state index in [9.17, 15) is 0 Å². The third-order valence-electron chi connectivity index (χ3n) is 2.90. The first-order valence-electron chi connectivity index (χ1n) is 6.92. The van der Waals surface area contributed by atoms with Crippen LogP contribution < -0.4 is 0 Å². The highest BCUT2D eigenvalue weighted by molar-refractivity contribution is 8.49. The van der Waals surface area contributed by atoms with Crippen molar-refractivity contribution in [3.05, 3.63) is 0 Å². The lowest BCUT2D eigenvalue weighted by Crippen LogP contribution is -2.52. The summed E-state index contributed by atoms with van der Waals surface area (Å²) in [5.74, 6) is 0. The molecule has 0 spiro atoms. The van der Waals surface area contributed by atoms with Crippen molar-refractivity contribution < 1.29 is 13.3 Å². The molecule has 0 aromatic heterocycles. The Morgan fingerprint density at radius 3 is 1.60 bits per heavy atom.